The molecule has 0 bridgehead atoms. The summed E-state index contributed by atoms with van der Waals surface area (Å²) < 4.78 is 32.4. The third-order valence-electron chi connectivity index (χ3n) is 2.67. The molecule has 20 heavy (non-hydrogen) atoms. The Labute approximate surface area is 121 Å². The highest BCUT2D eigenvalue weighted by molar-refractivity contribution is 7.19. The second-order valence-corrected chi connectivity index (χ2v) is 5.75. The van der Waals surface area contributed by atoms with E-state index in [-0.39, 0.29) is 11.4 Å². The molecule has 0 saturated heterocycles. The maximum atomic E-state index is 13.3. The maximum absolute atomic E-state index is 13.3. The van der Waals surface area contributed by atoms with E-state index in [2.05, 4.69) is 5.16 Å². The predicted octanol–water partition coefficient (Wildman–Crippen LogP) is 4.58. The smallest absolute Gasteiger partial charge is 0.186 e. The lowest BCUT2D eigenvalue weighted by Gasteiger charge is -2.02. The van der Waals surface area contributed by atoms with Crippen LogP contribution in [0.25, 0.3) is 21.8 Å². The van der Waals surface area contributed by atoms with Gasteiger partial charge in [-0.05, 0) is 29.8 Å². The van der Waals surface area contributed by atoms with Gasteiger partial charge in [0.05, 0.1) is 14.8 Å². The second kappa shape index (κ2) is 4.88. The molecule has 0 aliphatic heterocycles. The Kier molecular flexibility index (Phi) is 3.19. The Morgan fingerprint density at radius 2 is 1.85 bits per heavy atom. The normalized spacial score (nSPS) is 10.9. The highest BCUT2D eigenvalue weighted by atomic mass is 35.5. The molecule has 3 rings (SSSR count). The van der Waals surface area contributed by atoms with Gasteiger partial charge in [0.15, 0.2) is 11.6 Å². The van der Waals surface area contributed by atoms with Crippen molar-refractivity contribution in [3.63, 3.8) is 0 Å². The quantitative estimate of drug-likeness (QED) is 0.753. The molecule has 2 heterocycles. The molecule has 0 radical (unpaired) electrons. The van der Waals surface area contributed by atoms with Gasteiger partial charge in [-0.3, -0.25) is 0 Å². The summed E-state index contributed by atoms with van der Waals surface area (Å²) in [5.74, 6) is -0.995. The van der Waals surface area contributed by atoms with E-state index in [9.17, 15) is 8.78 Å². The van der Waals surface area contributed by atoms with Crippen molar-refractivity contribution in [2.45, 2.75) is 0 Å². The number of aromatic nitrogens is 1. The number of hydrogen-bond donors (Lipinski definition) is 1. The first-order valence-corrected chi connectivity index (χ1v) is 6.71. The van der Waals surface area contributed by atoms with Gasteiger partial charge in [0.2, 0.25) is 0 Å². The minimum atomic E-state index is -0.698. The van der Waals surface area contributed by atoms with Gasteiger partial charge >= 0.3 is 0 Å². The molecule has 0 unspecified atom stereocenters. The number of nitrogens with zero attached hydrogens (tertiary/aromatic N) is 1. The van der Waals surface area contributed by atoms with Gasteiger partial charge < -0.3 is 10.3 Å². The summed E-state index contributed by atoms with van der Waals surface area (Å²) in [4.78, 5) is 0.680. The van der Waals surface area contributed by atoms with Gasteiger partial charge in [0.25, 0.3) is 0 Å². The number of hydrogen-bond acceptors (Lipinski definition) is 4. The number of rotatable bonds is 2. The molecule has 0 atom stereocenters. The Morgan fingerprint density at radius 3 is 2.45 bits per heavy atom. The largest absolute Gasteiger partial charge is 0.380 e. The van der Waals surface area contributed by atoms with Crippen molar-refractivity contribution in [1.82, 2.24) is 5.16 Å². The molecule has 0 saturated carbocycles. The van der Waals surface area contributed by atoms with Crippen molar-refractivity contribution in [1.29, 1.82) is 0 Å². The van der Waals surface area contributed by atoms with E-state index in [1.165, 1.54) is 23.5 Å². The highest BCUT2D eigenvalue weighted by Crippen LogP contribution is 2.40. The average Bonchev–Trinajstić information content (AvgIpc) is 2.94. The van der Waals surface area contributed by atoms with Crippen molar-refractivity contribution in [2.75, 3.05) is 5.73 Å². The Morgan fingerprint density at radius 1 is 1.15 bits per heavy atom. The molecule has 0 spiro atoms. The van der Waals surface area contributed by atoms with E-state index >= 15 is 0 Å². The third-order valence-corrected chi connectivity index (χ3v) is 3.90. The SMILES string of the molecule is Nc1noc(-c2ccc(Cl)s2)c1-c1cc(F)cc(F)c1. The van der Waals surface area contributed by atoms with Gasteiger partial charge in [0, 0.05) is 6.07 Å². The summed E-state index contributed by atoms with van der Waals surface area (Å²) in [5.41, 5.74) is 6.35. The predicted molar refractivity (Wildman–Crippen MR) is 74.6 cm³/mol. The van der Waals surface area contributed by atoms with Crippen molar-refractivity contribution in [3.8, 4) is 21.8 Å². The maximum Gasteiger partial charge on any atom is 0.186 e. The molecular formula is C13H7ClF2N2OS. The van der Waals surface area contributed by atoms with Gasteiger partial charge in [0.1, 0.15) is 11.6 Å². The zero-order valence-corrected chi connectivity index (χ0v) is 11.4. The Balaban J connectivity index is 2.21. The third kappa shape index (κ3) is 2.28. The number of thiophene rings is 1. The van der Waals surface area contributed by atoms with Crippen LogP contribution in [-0.2, 0) is 0 Å². The lowest BCUT2D eigenvalue weighted by Crippen LogP contribution is -1.90. The van der Waals surface area contributed by atoms with Crippen molar-refractivity contribution >= 4 is 28.8 Å². The number of halogens is 3. The van der Waals surface area contributed by atoms with E-state index in [4.69, 9.17) is 21.9 Å². The Hall–Kier alpha value is -1.92. The average molecular weight is 313 g/mol. The van der Waals surface area contributed by atoms with Gasteiger partial charge in [-0.1, -0.05) is 16.8 Å². The fraction of sp³-hybridized carbons (Fsp3) is 0. The van der Waals surface area contributed by atoms with Crippen LogP contribution >= 0.6 is 22.9 Å². The summed E-state index contributed by atoms with van der Waals surface area (Å²) >= 11 is 7.13. The first-order chi connectivity index (χ1) is 9.54. The number of nitrogen functional groups attached to an aromatic ring is 1. The van der Waals surface area contributed by atoms with Crippen LogP contribution in [0.15, 0.2) is 34.9 Å². The van der Waals surface area contributed by atoms with Crippen LogP contribution in [0.4, 0.5) is 14.6 Å². The highest BCUT2D eigenvalue weighted by Gasteiger charge is 2.20. The first kappa shape index (κ1) is 13.1. The van der Waals surface area contributed by atoms with Crippen LogP contribution in [0.5, 0.6) is 0 Å². The van der Waals surface area contributed by atoms with E-state index in [0.29, 0.717) is 20.5 Å². The Bertz CT molecular complexity index is 764. The summed E-state index contributed by atoms with van der Waals surface area (Å²) in [6.45, 7) is 0. The van der Waals surface area contributed by atoms with Crippen molar-refractivity contribution in [3.05, 3.63) is 46.3 Å². The summed E-state index contributed by atoms with van der Waals surface area (Å²) in [5, 5.41) is 3.66. The summed E-state index contributed by atoms with van der Waals surface area (Å²) in [7, 11) is 0. The molecule has 102 valence electrons. The first-order valence-electron chi connectivity index (χ1n) is 5.52. The number of benzene rings is 1. The lowest BCUT2D eigenvalue weighted by atomic mass is 10.0. The van der Waals surface area contributed by atoms with E-state index in [0.717, 1.165) is 6.07 Å². The molecule has 0 fully saturated rings. The number of anilines is 1. The molecule has 1 aromatic carbocycles. The fourth-order valence-electron chi connectivity index (χ4n) is 1.88. The summed E-state index contributed by atoms with van der Waals surface area (Å²) in [6.07, 6.45) is 0. The molecule has 2 aromatic heterocycles. The lowest BCUT2D eigenvalue weighted by molar-refractivity contribution is 0.437. The van der Waals surface area contributed by atoms with Crippen LogP contribution in [0, 0.1) is 11.6 Å². The van der Waals surface area contributed by atoms with Crippen LogP contribution in [0.3, 0.4) is 0 Å². The second-order valence-electron chi connectivity index (χ2n) is 4.03. The van der Waals surface area contributed by atoms with Crippen LogP contribution in [0.2, 0.25) is 4.34 Å². The minimum absolute atomic E-state index is 0.0644. The minimum Gasteiger partial charge on any atom is -0.380 e. The molecule has 2 N–H and O–H groups in total. The van der Waals surface area contributed by atoms with Crippen LogP contribution in [0.1, 0.15) is 0 Å². The summed E-state index contributed by atoms with van der Waals surface area (Å²) in [6, 6.07) is 6.55. The van der Waals surface area contributed by atoms with Crippen LogP contribution < -0.4 is 5.73 Å². The standard InChI is InChI=1S/C13H7ClF2N2OS/c14-10-2-1-9(20-10)12-11(13(17)18-19-12)6-3-7(15)5-8(16)4-6/h1-5H,(H2,17,18). The zero-order chi connectivity index (χ0) is 14.3. The van der Waals surface area contributed by atoms with Crippen molar-refractivity contribution < 1.29 is 13.3 Å². The van der Waals surface area contributed by atoms with E-state index in [1.807, 2.05) is 0 Å². The molecule has 0 aliphatic rings. The molecule has 3 aromatic rings. The van der Waals surface area contributed by atoms with E-state index in [1.54, 1.807) is 12.1 Å². The molecule has 7 heteroatoms. The van der Waals surface area contributed by atoms with Crippen LogP contribution in [-0.4, -0.2) is 5.16 Å². The fourth-order valence-corrected chi connectivity index (χ4v) is 2.91. The monoisotopic (exact) mass is 312 g/mol. The zero-order valence-electron chi connectivity index (χ0n) is 9.86. The van der Waals surface area contributed by atoms with Gasteiger partial charge in [-0.15, -0.1) is 11.3 Å². The number of nitrogens with two attached hydrogens (primary N) is 1. The molecule has 0 aliphatic carbocycles. The molecule has 3 nitrogen and oxygen atoms in total. The van der Waals surface area contributed by atoms with Gasteiger partial charge in [-0.2, -0.15) is 0 Å². The van der Waals surface area contributed by atoms with E-state index < -0.39 is 11.6 Å². The van der Waals surface area contributed by atoms with Crippen molar-refractivity contribution in [2.24, 2.45) is 0 Å². The molecular weight excluding hydrogens is 306 g/mol. The molecule has 0 amide bonds. The van der Waals surface area contributed by atoms with Gasteiger partial charge in [-0.25, -0.2) is 8.78 Å². The topological polar surface area (TPSA) is 52.0 Å².